The number of pyridine rings is 1. The fourth-order valence-electron chi connectivity index (χ4n) is 2.50. The molecule has 0 saturated heterocycles. The van der Waals surface area contributed by atoms with Gasteiger partial charge in [-0.25, -0.2) is 4.98 Å². The summed E-state index contributed by atoms with van der Waals surface area (Å²) in [4.78, 5) is 16.6. The second-order valence-corrected chi connectivity index (χ2v) is 5.38. The monoisotopic (exact) mass is 292 g/mol. The van der Waals surface area contributed by atoms with E-state index in [2.05, 4.69) is 10.3 Å². The number of rotatable bonds is 2. The maximum absolute atomic E-state index is 12.3. The predicted molar refractivity (Wildman–Crippen MR) is 87.3 cm³/mol. The van der Waals surface area contributed by atoms with Gasteiger partial charge in [-0.2, -0.15) is 0 Å². The molecule has 0 bridgehead atoms. The average Bonchev–Trinajstić information content (AvgIpc) is 2.46. The van der Waals surface area contributed by atoms with E-state index < -0.39 is 0 Å². The number of benzene rings is 2. The molecular formula is C18H16N2O2. The van der Waals surface area contributed by atoms with E-state index in [1.807, 2.05) is 38.1 Å². The Morgan fingerprint density at radius 2 is 1.77 bits per heavy atom. The summed E-state index contributed by atoms with van der Waals surface area (Å²) >= 11 is 0. The standard InChI is InChI=1S/C18H16N2O2/c1-11-8-12(2)10-14(9-11)19-18(22)15-7-6-13-4-3-5-16(21)17(13)20-15/h3-10,21H,1-2H3,(H,19,22). The molecule has 4 nitrogen and oxygen atoms in total. The van der Waals surface area contributed by atoms with Crippen LogP contribution in [0.2, 0.25) is 0 Å². The van der Waals surface area contributed by atoms with Crippen LogP contribution < -0.4 is 5.32 Å². The number of nitrogens with one attached hydrogen (secondary N) is 1. The summed E-state index contributed by atoms with van der Waals surface area (Å²) in [5, 5.41) is 13.5. The summed E-state index contributed by atoms with van der Waals surface area (Å²) in [5.41, 5.74) is 3.60. The lowest BCUT2D eigenvalue weighted by Crippen LogP contribution is -2.13. The number of nitrogens with zero attached hydrogens (tertiary/aromatic N) is 1. The fourth-order valence-corrected chi connectivity index (χ4v) is 2.50. The first-order valence-corrected chi connectivity index (χ1v) is 7.01. The molecule has 1 heterocycles. The van der Waals surface area contributed by atoms with Gasteiger partial charge in [0.05, 0.1) is 0 Å². The molecular weight excluding hydrogens is 276 g/mol. The van der Waals surface area contributed by atoms with Gasteiger partial charge in [0.1, 0.15) is 17.0 Å². The Bertz CT molecular complexity index is 852. The van der Waals surface area contributed by atoms with Crippen LogP contribution in [0, 0.1) is 13.8 Å². The number of carbonyl (C=O) groups is 1. The Labute approximate surface area is 128 Å². The molecule has 0 fully saturated rings. The van der Waals surface area contributed by atoms with Crippen molar-refractivity contribution in [3.8, 4) is 5.75 Å². The molecule has 0 atom stereocenters. The molecule has 110 valence electrons. The van der Waals surface area contributed by atoms with Crippen LogP contribution in [0.1, 0.15) is 21.6 Å². The molecule has 1 aromatic heterocycles. The van der Waals surface area contributed by atoms with Gasteiger partial charge >= 0.3 is 0 Å². The van der Waals surface area contributed by atoms with E-state index in [0.29, 0.717) is 5.52 Å². The van der Waals surface area contributed by atoms with Crippen molar-refractivity contribution in [1.82, 2.24) is 4.98 Å². The van der Waals surface area contributed by atoms with Gasteiger partial charge in [0.2, 0.25) is 0 Å². The van der Waals surface area contributed by atoms with Gasteiger partial charge in [0.15, 0.2) is 0 Å². The van der Waals surface area contributed by atoms with Gasteiger partial charge in [0, 0.05) is 11.1 Å². The predicted octanol–water partition coefficient (Wildman–Crippen LogP) is 3.81. The van der Waals surface area contributed by atoms with Gasteiger partial charge in [-0.1, -0.05) is 24.3 Å². The molecule has 0 aliphatic carbocycles. The molecule has 0 radical (unpaired) electrons. The fraction of sp³-hybridized carbons (Fsp3) is 0.111. The minimum absolute atomic E-state index is 0.0681. The molecule has 0 aliphatic heterocycles. The lowest BCUT2D eigenvalue weighted by molar-refractivity contribution is 0.102. The third kappa shape index (κ3) is 2.76. The van der Waals surface area contributed by atoms with Crippen LogP contribution in [-0.4, -0.2) is 16.0 Å². The molecule has 4 heteroatoms. The molecule has 22 heavy (non-hydrogen) atoms. The maximum Gasteiger partial charge on any atom is 0.274 e. The number of fused-ring (bicyclic) bond motifs is 1. The number of hydrogen-bond acceptors (Lipinski definition) is 3. The number of para-hydroxylation sites is 1. The smallest absolute Gasteiger partial charge is 0.274 e. The molecule has 2 aromatic carbocycles. The van der Waals surface area contributed by atoms with Crippen LogP contribution in [0.4, 0.5) is 5.69 Å². The lowest BCUT2D eigenvalue weighted by Gasteiger charge is -2.08. The molecule has 3 rings (SSSR count). The topological polar surface area (TPSA) is 62.2 Å². The number of amides is 1. The van der Waals surface area contributed by atoms with Gasteiger partial charge < -0.3 is 10.4 Å². The number of anilines is 1. The molecule has 1 amide bonds. The molecule has 0 saturated carbocycles. The third-order valence-electron chi connectivity index (χ3n) is 3.41. The van der Waals surface area contributed by atoms with Crippen LogP contribution in [0.25, 0.3) is 10.9 Å². The van der Waals surface area contributed by atoms with Crippen LogP contribution in [0.15, 0.2) is 48.5 Å². The van der Waals surface area contributed by atoms with E-state index >= 15 is 0 Å². The average molecular weight is 292 g/mol. The largest absolute Gasteiger partial charge is 0.506 e. The summed E-state index contributed by atoms with van der Waals surface area (Å²) < 4.78 is 0. The minimum atomic E-state index is -0.296. The quantitative estimate of drug-likeness (QED) is 0.755. The number of aromatic nitrogens is 1. The van der Waals surface area contributed by atoms with Crippen molar-refractivity contribution >= 4 is 22.5 Å². The van der Waals surface area contributed by atoms with E-state index in [4.69, 9.17) is 0 Å². The number of aryl methyl sites for hydroxylation is 2. The van der Waals surface area contributed by atoms with Gasteiger partial charge in [0.25, 0.3) is 5.91 Å². The molecule has 3 aromatic rings. The van der Waals surface area contributed by atoms with Crippen LogP contribution in [-0.2, 0) is 0 Å². The summed E-state index contributed by atoms with van der Waals surface area (Å²) in [5.74, 6) is -0.228. The van der Waals surface area contributed by atoms with E-state index in [0.717, 1.165) is 22.2 Å². The summed E-state index contributed by atoms with van der Waals surface area (Å²) in [6, 6.07) is 14.4. The van der Waals surface area contributed by atoms with E-state index in [9.17, 15) is 9.90 Å². The van der Waals surface area contributed by atoms with Crippen molar-refractivity contribution in [2.75, 3.05) is 5.32 Å². The normalized spacial score (nSPS) is 10.6. The van der Waals surface area contributed by atoms with E-state index in [1.165, 1.54) is 0 Å². The number of aromatic hydroxyl groups is 1. The van der Waals surface area contributed by atoms with Crippen LogP contribution >= 0.6 is 0 Å². The first-order valence-electron chi connectivity index (χ1n) is 7.01. The van der Waals surface area contributed by atoms with Crippen LogP contribution in [0.5, 0.6) is 5.75 Å². The van der Waals surface area contributed by atoms with Crippen molar-refractivity contribution in [3.05, 3.63) is 65.4 Å². The van der Waals surface area contributed by atoms with E-state index in [-0.39, 0.29) is 17.4 Å². The van der Waals surface area contributed by atoms with Crippen molar-refractivity contribution in [1.29, 1.82) is 0 Å². The Morgan fingerprint density at radius 1 is 1.05 bits per heavy atom. The van der Waals surface area contributed by atoms with E-state index in [1.54, 1.807) is 24.3 Å². The SMILES string of the molecule is Cc1cc(C)cc(NC(=O)c2ccc3cccc(O)c3n2)c1. The highest BCUT2D eigenvalue weighted by atomic mass is 16.3. The number of carbonyl (C=O) groups excluding carboxylic acids is 1. The minimum Gasteiger partial charge on any atom is -0.506 e. The molecule has 0 aliphatic rings. The Morgan fingerprint density at radius 3 is 2.50 bits per heavy atom. The van der Waals surface area contributed by atoms with Gasteiger partial charge in [-0.15, -0.1) is 0 Å². The zero-order valence-electron chi connectivity index (χ0n) is 12.4. The highest BCUT2D eigenvalue weighted by Crippen LogP contribution is 2.23. The van der Waals surface area contributed by atoms with Gasteiger partial charge in [-0.05, 0) is 49.2 Å². The Balaban J connectivity index is 1.93. The number of phenols is 1. The molecule has 2 N–H and O–H groups in total. The maximum atomic E-state index is 12.3. The van der Waals surface area contributed by atoms with Crippen molar-refractivity contribution in [3.63, 3.8) is 0 Å². The lowest BCUT2D eigenvalue weighted by atomic mass is 10.1. The zero-order valence-corrected chi connectivity index (χ0v) is 12.4. The molecule has 0 spiro atoms. The number of phenolic OH excluding ortho intramolecular Hbond substituents is 1. The van der Waals surface area contributed by atoms with Crippen molar-refractivity contribution in [2.45, 2.75) is 13.8 Å². The second-order valence-electron chi connectivity index (χ2n) is 5.38. The Kier molecular flexibility index (Phi) is 3.51. The van der Waals surface area contributed by atoms with Crippen molar-refractivity contribution in [2.24, 2.45) is 0 Å². The second kappa shape index (κ2) is 5.48. The number of hydrogen-bond donors (Lipinski definition) is 2. The summed E-state index contributed by atoms with van der Waals surface area (Å²) in [6.45, 7) is 3.96. The highest BCUT2D eigenvalue weighted by Gasteiger charge is 2.10. The first-order chi connectivity index (χ1) is 10.5. The summed E-state index contributed by atoms with van der Waals surface area (Å²) in [7, 11) is 0. The van der Waals surface area contributed by atoms with Crippen LogP contribution in [0.3, 0.4) is 0 Å². The highest BCUT2D eigenvalue weighted by molar-refractivity contribution is 6.04. The summed E-state index contributed by atoms with van der Waals surface area (Å²) in [6.07, 6.45) is 0. The van der Waals surface area contributed by atoms with Crippen molar-refractivity contribution < 1.29 is 9.90 Å². The molecule has 0 unspecified atom stereocenters. The Hall–Kier alpha value is -2.88. The first kappa shape index (κ1) is 14.1. The van der Waals surface area contributed by atoms with Gasteiger partial charge in [-0.3, -0.25) is 4.79 Å². The third-order valence-corrected chi connectivity index (χ3v) is 3.41. The zero-order chi connectivity index (χ0) is 15.7.